The van der Waals surface area contributed by atoms with Gasteiger partial charge in [0.2, 0.25) is 8.32 Å². The minimum atomic E-state index is -1.69. The van der Waals surface area contributed by atoms with E-state index in [1.54, 1.807) is 0 Å². The molecule has 0 amide bonds. The van der Waals surface area contributed by atoms with Gasteiger partial charge in [0.15, 0.2) is 0 Å². The Morgan fingerprint density at radius 1 is 0.792 bits per heavy atom. The molecule has 0 saturated carbocycles. The van der Waals surface area contributed by atoms with Crippen LogP contribution in [0, 0.1) is 0 Å². The van der Waals surface area contributed by atoms with E-state index in [9.17, 15) is 0 Å². The third-order valence-electron chi connectivity index (χ3n) is 3.82. The standard InChI is InChI=1S/C21H30OSi2/c1-23(2,3)21(19-15-11-8-12-16-19)20(22-24(4,5)6)17-18-13-9-7-10-14-18/h7-17,21H,1-6H3/b20-17-. The van der Waals surface area contributed by atoms with Gasteiger partial charge >= 0.3 is 0 Å². The highest BCUT2D eigenvalue weighted by Gasteiger charge is 2.34. The molecular formula is C21H30OSi2. The van der Waals surface area contributed by atoms with E-state index in [0.29, 0.717) is 5.54 Å². The summed E-state index contributed by atoms with van der Waals surface area (Å²) >= 11 is 0. The largest absolute Gasteiger partial charge is 0.547 e. The lowest BCUT2D eigenvalue weighted by Crippen LogP contribution is -2.36. The second-order valence-corrected chi connectivity index (χ2v) is 18.1. The summed E-state index contributed by atoms with van der Waals surface area (Å²) in [6.07, 6.45) is 2.26. The molecule has 1 nitrogen and oxygen atoms in total. The first kappa shape index (κ1) is 18.7. The van der Waals surface area contributed by atoms with Gasteiger partial charge in [-0.25, -0.2) is 0 Å². The van der Waals surface area contributed by atoms with Gasteiger partial charge in [0.05, 0.1) is 13.8 Å². The third kappa shape index (κ3) is 5.50. The van der Waals surface area contributed by atoms with Crippen LogP contribution < -0.4 is 0 Å². The third-order valence-corrected chi connectivity index (χ3v) is 7.01. The van der Waals surface area contributed by atoms with Gasteiger partial charge in [-0.15, -0.1) is 0 Å². The normalized spacial score (nSPS) is 14.3. The summed E-state index contributed by atoms with van der Waals surface area (Å²) in [7, 11) is -3.21. The van der Waals surface area contributed by atoms with Crippen LogP contribution >= 0.6 is 0 Å². The molecule has 0 N–H and O–H groups in total. The lowest BCUT2D eigenvalue weighted by Gasteiger charge is -2.35. The number of benzene rings is 2. The second kappa shape index (κ2) is 7.53. The monoisotopic (exact) mass is 354 g/mol. The highest BCUT2D eigenvalue weighted by molar-refractivity contribution is 6.78. The van der Waals surface area contributed by atoms with E-state index < -0.39 is 16.4 Å². The second-order valence-electron chi connectivity index (χ2n) is 8.38. The minimum Gasteiger partial charge on any atom is -0.547 e. The number of rotatable bonds is 6. The van der Waals surface area contributed by atoms with E-state index in [1.165, 1.54) is 11.1 Å². The molecule has 0 aliphatic carbocycles. The fraction of sp³-hybridized carbons (Fsp3) is 0.333. The van der Waals surface area contributed by atoms with Gasteiger partial charge in [-0.2, -0.15) is 0 Å². The van der Waals surface area contributed by atoms with Crippen molar-refractivity contribution in [2.45, 2.75) is 44.8 Å². The van der Waals surface area contributed by atoms with E-state index in [4.69, 9.17) is 4.43 Å². The highest BCUT2D eigenvalue weighted by Crippen LogP contribution is 2.37. The summed E-state index contributed by atoms with van der Waals surface area (Å²) in [5.41, 5.74) is 2.95. The molecule has 1 atom stereocenters. The fourth-order valence-corrected chi connectivity index (χ4v) is 6.17. The van der Waals surface area contributed by atoms with E-state index in [2.05, 4.69) is 106 Å². The van der Waals surface area contributed by atoms with Crippen LogP contribution in [0.4, 0.5) is 0 Å². The van der Waals surface area contributed by atoms with Crippen LogP contribution in [0.15, 0.2) is 66.4 Å². The van der Waals surface area contributed by atoms with Gasteiger partial charge in [0.1, 0.15) is 0 Å². The van der Waals surface area contributed by atoms with Crippen molar-refractivity contribution in [2.75, 3.05) is 0 Å². The molecule has 0 radical (unpaired) electrons. The van der Waals surface area contributed by atoms with Crippen LogP contribution in [0.1, 0.15) is 16.7 Å². The Balaban J connectivity index is 2.55. The molecule has 24 heavy (non-hydrogen) atoms. The van der Waals surface area contributed by atoms with Gasteiger partial charge in [0.25, 0.3) is 0 Å². The van der Waals surface area contributed by atoms with Gasteiger partial charge in [0, 0.05) is 5.54 Å². The van der Waals surface area contributed by atoms with Crippen LogP contribution in [-0.4, -0.2) is 16.4 Å². The summed E-state index contributed by atoms with van der Waals surface area (Å²) in [6.45, 7) is 14.1. The van der Waals surface area contributed by atoms with Crippen molar-refractivity contribution < 1.29 is 4.43 Å². The van der Waals surface area contributed by atoms with Gasteiger partial charge in [-0.05, 0) is 36.8 Å². The molecule has 128 valence electrons. The van der Waals surface area contributed by atoms with Crippen molar-refractivity contribution in [1.82, 2.24) is 0 Å². The van der Waals surface area contributed by atoms with Crippen molar-refractivity contribution in [3.05, 3.63) is 77.5 Å². The van der Waals surface area contributed by atoms with Crippen molar-refractivity contribution >= 4 is 22.5 Å². The van der Waals surface area contributed by atoms with Crippen LogP contribution in [0.2, 0.25) is 39.3 Å². The lowest BCUT2D eigenvalue weighted by molar-refractivity contribution is 0.407. The zero-order chi connectivity index (χ0) is 17.8. The molecule has 0 saturated heterocycles. The number of hydrogen-bond acceptors (Lipinski definition) is 1. The molecule has 3 heteroatoms. The maximum Gasteiger partial charge on any atom is 0.241 e. The van der Waals surface area contributed by atoms with Crippen molar-refractivity contribution in [2.24, 2.45) is 0 Å². The first-order valence-electron chi connectivity index (χ1n) is 8.67. The molecule has 0 aromatic heterocycles. The first-order chi connectivity index (χ1) is 11.2. The van der Waals surface area contributed by atoms with Crippen LogP contribution in [0.3, 0.4) is 0 Å². The van der Waals surface area contributed by atoms with Crippen molar-refractivity contribution in [3.8, 4) is 0 Å². The molecule has 0 spiro atoms. The van der Waals surface area contributed by atoms with E-state index in [0.717, 1.165) is 5.76 Å². The predicted octanol–water partition coefficient (Wildman–Crippen LogP) is 6.54. The highest BCUT2D eigenvalue weighted by atomic mass is 28.4. The average molecular weight is 355 g/mol. The maximum atomic E-state index is 6.62. The first-order valence-corrected chi connectivity index (χ1v) is 15.7. The molecule has 0 aliphatic rings. The van der Waals surface area contributed by atoms with Crippen LogP contribution in [0.25, 0.3) is 6.08 Å². The zero-order valence-corrected chi connectivity index (χ0v) is 17.8. The van der Waals surface area contributed by atoms with E-state index in [-0.39, 0.29) is 0 Å². The molecule has 0 heterocycles. The van der Waals surface area contributed by atoms with E-state index >= 15 is 0 Å². The summed E-state index contributed by atoms with van der Waals surface area (Å²) in [5.74, 6) is 1.14. The Kier molecular flexibility index (Phi) is 5.89. The minimum absolute atomic E-state index is 0.366. The Morgan fingerprint density at radius 2 is 1.29 bits per heavy atom. The molecule has 0 bridgehead atoms. The number of hydrogen-bond donors (Lipinski definition) is 0. The van der Waals surface area contributed by atoms with E-state index in [1.807, 2.05) is 0 Å². The molecule has 0 aliphatic heterocycles. The Bertz CT molecular complexity index is 664. The summed E-state index contributed by atoms with van der Waals surface area (Å²) in [6, 6.07) is 21.4. The van der Waals surface area contributed by atoms with Gasteiger partial charge in [-0.3, -0.25) is 0 Å². The average Bonchev–Trinajstić information content (AvgIpc) is 2.46. The molecule has 2 aromatic carbocycles. The maximum absolute atomic E-state index is 6.62. The van der Waals surface area contributed by atoms with Crippen LogP contribution in [-0.2, 0) is 4.43 Å². The summed E-state index contributed by atoms with van der Waals surface area (Å²) < 4.78 is 6.62. The predicted molar refractivity (Wildman–Crippen MR) is 111 cm³/mol. The topological polar surface area (TPSA) is 9.23 Å². The Labute approximate surface area is 149 Å². The van der Waals surface area contributed by atoms with Crippen LogP contribution in [0.5, 0.6) is 0 Å². The zero-order valence-electron chi connectivity index (χ0n) is 15.8. The summed E-state index contributed by atoms with van der Waals surface area (Å²) in [5, 5.41) is 0. The molecule has 2 rings (SSSR count). The quantitative estimate of drug-likeness (QED) is 0.423. The SMILES string of the molecule is C[Si](C)(C)O/C(=C\c1ccccc1)C(c1ccccc1)[Si](C)(C)C. The molecule has 0 fully saturated rings. The van der Waals surface area contributed by atoms with Gasteiger partial charge < -0.3 is 4.43 Å². The van der Waals surface area contributed by atoms with Gasteiger partial charge in [-0.1, -0.05) is 80.3 Å². The smallest absolute Gasteiger partial charge is 0.241 e. The van der Waals surface area contributed by atoms with Crippen molar-refractivity contribution in [3.63, 3.8) is 0 Å². The number of allylic oxidation sites excluding steroid dienone is 1. The fourth-order valence-electron chi connectivity index (χ4n) is 2.98. The molecular weight excluding hydrogens is 324 g/mol. The lowest BCUT2D eigenvalue weighted by atomic mass is 10.1. The Morgan fingerprint density at radius 3 is 1.75 bits per heavy atom. The summed E-state index contributed by atoms with van der Waals surface area (Å²) in [4.78, 5) is 0. The molecule has 2 aromatic rings. The Hall–Kier alpha value is -1.59. The molecule has 1 unspecified atom stereocenters. The van der Waals surface area contributed by atoms with Crippen molar-refractivity contribution in [1.29, 1.82) is 0 Å².